The van der Waals surface area contributed by atoms with Crippen molar-refractivity contribution in [3.05, 3.63) is 107 Å². The van der Waals surface area contributed by atoms with E-state index in [1.165, 1.54) is 32.9 Å². The molecule has 43 heavy (non-hydrogen) atoms. The zero-order chi connectivity index (χ0) is 29.3. The first-order chi connectivity index (χ1) is 21.0. The Morgan fingerprint density at radius 1 is 0.674 bits per heavy atom. The number of rotatable bonds is 11. The van der Waals surface area contributed by atoms with Crippen LogP contribution in [-0.4, -0.2) is 55.5 Å². The first-order valence-corrected chi connectivity index (χ1v) is 15.1. The number of aryl methyl sites for hydroxylation is 3. The summed E-state index contributed by atoms with van der Waals surface area (Å²) in [5.74, 6) is 0. The summed E-state index contributed by atoms with van der Waals surface area (Å²) in [6.45, 7) is 10.4. The molecule has 2 atom stereocenters. The van der Waals surface area contributed by atoms with Gasteiger partial charge in [0.25, 0.3) is 0 Å². The SMILES string of the molecule is CCn1c2ccc(C=NN(CC3CO3)c3ccc(C)cc3)cc2c2cc(C=NN(CC3CO3)c3ccc(C)cc3)ccc21. The highest BCUT2D eigenvalue weighted by Gasteiger charge is 2.26. The highest BCUT2D eigenvalue weighted by molar-refractivity contribution is 6.11. The maximum Gasteiger partial charge on any atom is 0.101 e. The smallest absolute Gasteiger partial charge is 0.101 e. The Morgan fingerprint density at radius 3 is 1.47 bits per heavy atom. The minimum atomic E-state index is 0.238. The van der Waals surface area contributed by atoms with E-state index in [1.807, 2.05) is 22.4 Å². The van der Waals surface area contributed by atoms with Gasteiger partial charge in [0.05, 0.1) is 50.1 Å². The van der Waals surface area contributed by atoms with Crippen LogP contribution in [0.5, 0.6) is 0 Å². The Balaban J connectivity index is 1.20. The molecule has 0 spiro atoms. The average Bonchev–Trinajstić information content (AvgIpc) is 3.97. The first-order valence-electron chi connectivity index (χ1n) is 15.1. The molecule has 2 unspecified atom stereocenters. The molecule has 7 rings (SSSR count). The summed E-state index contributed by atoms with van der Waals surface area (Å²) in [5, 5.41) is 16.3. The third-order valence-corrected chi connectivity index (χ3v) is 8.14. The highest BCUT2D eigenvalue weighted by Crippen LogP contribution is 2.31. The number of hydrazone groups is 2. The van der Waals surface area contributed by atoms with Crippen LogP contribution in [-0.2, 0) is 16.0 Å². The van der Waals surface area contributed by atoms with E-state index < -0.39 is 0 Å². The summed E-state index contributed by atoms with van der Waals surface area (Å²) in [4.78, 5) is 0. The van der Waals surface area contributed by atoms with Gasteiger partial charge in [-0.15, -0.1) is 0 Å². The number of aromatic nitrogens is 1. The fraction of sp³-hybridized carbons (Fsp3) is 0.278. The Bertz CT molecular complexity index is 1670. The van der Waals surface area contributed by atoms with Gasteiger partial charge in [0.1, 0.15) is 12.2 Å². The van der Waals surface area contributed by atoms with E-state index in [9.17, 15) is 0 Å². The van der Waals surface area contributed by atoms with Crippen LogP contribution in [0.1, 0.15) is 29.2 Å². The predicted molar refractivity (Wildman–Crippen MR) is 177 cm³/mol. The van der Waals surface area contributed by atoms with Crippen LogP contribution >= 0.6 is 0 Å². The summed E-state index contributed by atoms with van der Waals surface area (Å²) in [6.07, 6.45) is 4.40. The van der Waals surface area contributed by atoms with Gasteiger partial charge in [0.2, 0.25) is 0 Å². The summed E-state index contributed by atoms with van der Waals surface area (Å²) in [7, 11) is 0. The van der Waals surface area contributed by atoms with Gasteiger partial charge in [0, 0.05) is 28.4 Å². The molecule has 4 aromatic carbocycles. The van der Waals surface area contributed by atoms with Crippen molar-refractivity contribution in [2.45, 2.75) is 39.5 Å². The Morgan fingerprint density at radius 2 is 1.09 bits per heavy atom. The van der Waals surface area contributed by atoms with Crippen molar-refractivity contribution in [2.75, 3.05) is 36.3 Å². The van der Waals surface area contributed by atoms with Crippen LogP contribution in [0.15, 0.2) is 95.1 Å². The number of fused-ring (bicyclic) bond motifs is 3. The Labute approximate surface area is 252 Å². The minimum absolute atomic E-state index is 0.238. The number of epoxide rings is 2. The van der Waals surface area contributed by atoms with E-state index >= 15 is 0 Å². The number of ether oxygens (including phenoxy) is 2. The van der Waals surface area contributed by atoms with E-state index in [1.54, 1.807) is 0 Å². The quantitative estimate of drug-likeness (QED) is 0.0982. The summed E-state index contributed by atoms with van der Waals surface area (Å²) in [6, 6.07) is 30.2. The molecule has 0 N–H and O–H groups in total. The standard InChI is InChI=1S/C36H37N5O2/c1-4-39-35-15-9-27(19-37-40(21-31-23-42-31)29-11-5-25(2)6-12-29)17-33(35)34-18-28(10-16-36(34)39)20-38-41(22-32-24-43-32)30-13-7-26(3)8-14-30/h5-20,31-32H,4,21-24H2,1-3H3. The third-order valence-electron chi connectivity index (χ3n) is 8.14. The molecular weight excluding hydrogens is 534 g/mol. The second-order valence-electron chi connectivity index (χ2n) is 11.5. The van der Waals surface area contributed by atoms with Gasteiger partial charge in [-0.2, -0.15) is 10.2 Å². The number of hydrogen-bond donors (Lipinski definition) is 0. The normalized spacial score (nSPS) is 17.8. The molecule has 3 heterocycles. The molecule has 218 valence electrons. The molecule has 7 nitrogen and oxygen atoms in total. The molecular formula is C36H37N5O2. The first kappa shape index (κ1) is 27.4. The van der Waals surface area contributed by atoms with Crippen LogP contribution in [0.2, 0.25) is 0 Å². The van der Waals surface area contributed by atoms with Crippen LogP contribution in [0, 0.1) is 13.8 Å². The van der Waals surface area contributed by atoms with Gasteiger partial charge in [-0.25, -0.2) is 0 Å². The lowest BCUT2D eigenvalue weighted by atomic mass is 10.1. The van der Waals surface area contributed by atoms with Crippen LogP contribution in [0.4, 0.5) is 11.4 Å². The molecule has 2 fully saturated rings. The molecule has 7 heteroatoms. The molecule has 1 aromatic heterocycles. The fourth-order valence-electron chi connectivity index (χ4n) is 5.52. The molecule has 0 saturated carbocycles. The zero-order valence-electron chi connectivity index (χ0n) is 25.0. The summed E-state index contributed by atoms with van der Waals surface area (Å²) < 4.78 is 13.4. The van der Waals surface area contributed by atoms with Gasteiger partial charge in [-0.3, -0.25) is 10.0 Å². The van der Waals surface area contributed by atoms with Crippen LogP contribution in [0.25, 0.3) is 21.8 Å². The van der Waals surface area contributed by atoms with E-state index in [0.717, 1.165) is 55.3 Å². The van der Waals surface area contributed by atoms with Crippen molar-refractivity contribution in [3.8, 4) is 0 Å². The molecule has 0 radical (unpaired) electrons. The maximum absolute atomic E-state index is 5.52. The molecule has 2 aliphatic rings. The van der Waals surface area contributed by atoms with E-state index in [-0.39, 0.29) is 12.2 Å². The van der Waals surface area contributed by atoms with Crippen LogP contribution < -0.4 is 10.0 Å². The molecule has 2 aliphatic heterocycles. The van der Waals surface area contributed by atoms with Gasteiger partial charge in [0.15, 0.2) is 0 Å². The number of benzene rings is 4. The van der Waals surface area contributed by atoms with Crippen molar-refractivity contribution < 1.29 is 9.47 Å². The molecule has 2 saturated heterocycles. The monoisotopic (exact) mass is 571 g/mol. The molecule has 0 bridgehead atoms. The average molecular weight is 572 g/mol. The Hall–Kier alpha value is -4.46. The number of hydrogen-bond acceptors (Lipinski definition) is 6. The lowest BCUT2D eigenvalue weighted by Crippen LogP contribution is -2.22. The lowest BCUT2D eigenvalue weighted by Gasteiger charge is -2.18. The van der Waals surface area contributed by atoms with Gasteiger partial charge >= 0.3 is 0 Å². The van der Waals surface area contributed by atoms with Crippen molar-refractivity contribution in [1.29, 1.82) is 0 Å². The largest absolute Gasteiger partial charge is 0.371 e. The zero-order valence-corrected chi connectivity index (χ0v) is 25.0. The van der Waals surface area contributed by atoms with Crippen molar-refractivity contribution >= 4 is 45.6 Å². The van der Waals surface area contributed by atoms with E-state index in [4.69, 9.17) is 19.7 Å². The summed E-state index contributed by atoms with van der Waals surface area (Å²) >= 11 is 0. The van der Waals surface area contributed by atoms with Gasteiger partial charge < -0.3 is 14.0 Å². The van der Waals surface area contributed by atoms with Crippen molar-refractivity contribution in [2.24, 2.45) is 10.2 Å². The number of anilines is 2. The van der Waals surface area contributed by atoms with E-state index in [0.29, 0.717) is 0 Å². The van der Waals surface area contributed by atoms with Crippen LogP contribution in [0.3, 0.4) is 0 Å². The van der Waals surface area contributed by atoms with Crippen molar-refractivity contribution in [3.63, 3.8) is 0 Å². The lowest BCUT2D eigenvalue weighted by molar-refractivity contribution is 0.408. The number of nitrogens with zero attached hydrogens (tertiary/aromatic N) is 5. The summed E-state index contributed by atoms with van der Waals surface area (Å²) in [5.41, 5.74) is 9.16. The van der Waals surface area contributed by atoms with Gasteiger partial charge in [-0.1, -0.05) is 47.5 Å². The maximum atomic E-state index is 5.52. The highest BCUT2D eigenvalue weighted by atomic mass is 16.6. The Kier molecular flexibility index (Phi) is 7.43. The topological polar surface area (TPSA) is 61.2 Å². The third kappa shape index (κ3) is 6.19. The molecule has 5 aromatic rings. The minimum Gasteiger partial charge on any atom is -0.371 e. The predicted octanol–water partition coefficient (Wildman–Crippen LogP) is 6.91. The molecule has 0 aliphatic carbocycles. The van der Waals surface area contributed by atoms with Crippen molar-refractivity contribution in [1.82, 2.24) is 4.57 Å². The second kappa shape index (κ2) is 11.7. The fourth-order valence-corrected chi connectivity index (χ4v) is 5.52. The molecule has 0 amide bonds. The second-order valence-corrected chi connectivity index (χ2v) is 11.5. The van der Waals surface area contributed by atoms with E-state index in [2.05, 4.69) is 110 Å². The van der Waals surface area contributed by atoms with Gasteiger partial charge in [-0.05, 0) is 80.4 Å².